The molecule has 0 saturated carbocycles. The van der Waals surface area contributed by atoms with Gasteiger partial charge in [0, 0.05) is 5.56 Å². The number of carboxylic acid groups (broad SMARTS) is 2. The minimum absolute atomic E-state index is 0.0243. The number of hydrogen-bond acceptors (Lipinski definition) is 4. The summed E-state index contributed by atoms with van der Waals surface area (Å²) in [6, 6.07) is 7.57. The minimum Gasteiger partial charge on any atom is -0.504 e. The van der Waals surface area contributed by atoms with Crippen molar-refractivity contribution in [3.8, 4) is 17.2 Å². The van der Waals surface area contributed by atoms with Gasteiger partial charge in [0.05, 0.1) is 0 Å². The van der Waals surface area contributed by atoms with Crippen molar-refractivity contribution >= 4 is 11.9 Å². The standard InChI is InChI=1S/C22H26O6/c1-21(2,3)12-7-8-13(19(24)25)16(11-12)28-18-14(20(26)27)9-10-15(17(18)23)22(4,5)6/h7-11,23H,1-6H3,(H,24,25)(H,26,27). The van der Waals surface area contributed by atoms with E-state index in [1.54, 1.807) is 12.1 Å². The van der Waals surface area contributed by atoms with E-state index in [4.69, 9.17) is 4.74 Å². The zero-order valence-corrected chi connectivity index (χ0v) is 17.0. The van der Waals surface area contributed by atoms with Crippen molar-refractivity contribution in [2.45, 2.75) is 52.4 Å². The Bertz CT molecular complexity index is 929. The minimum atomic E-state index is -1.28. The Morgan fingerprint density at radius 1 is 0.821 bits per heavy atom. The number of ether oxygens (including phenoxy) is 1. The maximum Gasteiger partial charge on any atom is 0.339 e. The summed E-state index contributed by atoms with van der Waals surface area (Å²) in [5.74, 6) is -3.10. The van der Waals surface area contributed by atoms with Gasteiger partial charge in [-0.15, -0.1) is 0 Å². The van der Waals surface area contributed by atoms with Gasteiger partial charge in [-0.3, -0.25) is 0 Å². The third-order valence-corrected chi connectivity index (χ3v) is 4.46. The molecule has 0 amide bonds. The van der Waals surface area contributed by atoms with E-state index >= 15 is 0 Å². The van der Waals surface area contributed by atoms with Crippen LogP contribution < -0.4 is 4.74 Å². The summed E-state index contributed by atoms with van der Waals surface area (Å²) < 4.78 is 5.75. The van der Waals surface area contributed by atoms with Crippen LogP contribution in [0.5, 0.6) is 17.2 Å². The van der Waals surface area contributed by atoms with Gasteiger partial charge in [0.1, 0.15) is 16.9 Å². The first-order chi connectivity index (χ1) is 12.7. The van der Waals surface area contributed by atoms with Crippen LogP contribution in [0.1, 0.15) is 73.4 Å². The number of benzene rings is 2. The van der Waals surface area contributed by atoms with Gasteiger partial charge in [0.25, 0.3) is 0 Å². The zero-order valence-electron chi connectivity index (χ0n) is 17.0. The topological polar surface area (TPSA) is 104 Å². The van der Waals surface area contributed by atoms with Gasteiger partial charge in [-0.1, -0.05) is 53.7 Å². The number of phenols is 1. The van der Waals surface area contributed by atoms with Crippen LogP contribution in [0.4, 0.5) is 0 Å². The lowest BCUT2D eigenvalue weighted by atomic mass is 9.85. The fourth-order valence-electron chi connectivity index (χ4n) is 2.81. The summed E-state index contributed by atoms with van der Waals surface area (Å²) in [6.45, 7) is 11.5. The normalized spacial score (nSPS) is 11.9. The highest BCUT2D eigenvalue weighted by Gasteiger charge is 2.27. The molecule has 0 aliphatic rings. The van der Waals surface area contributed by atoms with Crippen LogP contribution >= 0.6 is 0 Å². The highest BCUT2D eigenvalue weighted by atomic mass is 16.5. The Morgan fingerprint density at radius 3 is 1.82 bits per heavy atom. The van der Waals surface area contributed by atoms with E-state index in [-0.39, 0.29) is 33.8 Å². The molecule has 0 unspecified atom stereocenters. The monoisotopic (exact) mass is 386 g/mol. The van der Waals surface area contributed by atoms with Crippen LogP contribution in [0.3, 0.4) is 0 Å². The Morgan fingerprint density at radius 2 is 1.36 bits per heavy atom. The van der Waals surface area contributed by atoms with Crippen molar-refractivity contribution in [1.82, 2.24) is 0 Å². The van der Waals surface area contributed by atoms with Crippen LogP contribution in [0.25, 0.3) is 0 Å². The van der Waals surface area contributed by atoms with Crippen molar-refractivity contribution in [1.29, 1.82) is 0 Å². The molecule has 0 aromatic heterocycles. The van der Waals surface area contributed by atoms with Gasteiger partial charge in [0.2, 0.25) is 0 Å². The number of aromatic hydroxyl groups is 1. The van der Waals surface area contributed by atoms with E-state index in [1.807, 2.05) is 41.5 Å². The second-order valence-corrected chi connectivity index (χ2v) is 8.76. The quantitative estimate of drug-likeness (QED) is 0.669. The largest absolute Gasteiger partial charge is 0.504 e. The first kappa shape index (κ1) is 21.3. The lowest BCUT2D eigenvalue weighted by Crippen LogP contribution is -2.14. The summed E-state index contributed by atoms with van der Waals surface area (Å²) in [5, 5.41) is 29.8. The summed E-state index contributed by atoms with van der Waals surface area (Å²) in [4.78, 5) is 23.3. The van der Waals surface area contributed by atoms with Gasteiger partial charge in [-0.2, -0.15) is 0 Å². The molecule has 0 spiro atoms. The van der Waals surface area contributed by atoms with Crippen molar-refractivity contribution in [2.75, 3.05) is 0 Å². The maximum atomic E-state index is 11.7. The third-order valence-electron chi connectivity index (χ3n) is 4.46. The summed E-state index contributed by atoms with van der Waals surface area (Å²) >= 11 is 0. The lowest BCUT2D eigenvalue weighted by molar-refractivity contribution is 0.0687. The Hall–Kier alpha value is -3.02. The molecule has 2 rings (SSSR count). The van der Waals surface area contributed by atoms with Crippen molar-refractivity contribution in [3.05, 3.63) is 52.6 Å². The van der Waals surface area contributed by atoms with Crippen LogP contribution in [-0.2, 0) is 10.8 Å². The summed E-state index contributed by atoms with van der Waals surface area (Å²) in [5.41, 5.74) is 0.197. The molecule has 0 heterocycles. The van der Waals surface area contributed by atoms with E-state index in [2.05, 4.69) is 0 Å². The number of hydrogen-bond donors (Lipinski definition) is 3. The molecule has 28 heavy (non-hydrogen) atoms. The first-order valence-electron chi connectivity index (χ1n) is 8.89. The van der Waals surface area contributed by atoms with Crippen molar-refractivity contribution in [2.24, 2.45) is 0 Å². The fraction of sp³-hybridized carbons (Fsp3) is 0.364. The molecule has 2 aromatic rings. The molecule has 150 valence electrons. The second kappa shape index (κ2) is 7.19. The molecule has 0 radical (unpaired) electrons. The van der Waals surface area contributed by atoms with Gasteiger partial charge in [-0.25, -0.2) is 9.59 Å². The summed E-state index contributed by atoms with van der Waals surface area (Å²) in [6.07, 6.45) is 0. The van der Waals surface area contributed by atoms with Crippen molar-refractivity contribution in [3.63, 3.8) is 0 Å². The molecular formula is C22H26O6. The van der Waals surface area contributed by atoms with Crippen LogP contribution in [-0.4, -0.2) is 27.3 Å². The molecule has 0 bridgehead atoms. The maximum absolute atomic E-state index is 11.7. The molecule has 6 heteroatoms. The van der Waals surface area contributed by atoms with Gasteiger partial charge < -0.3 is 20.1 Å². The molecule has 0 atom stereocenters. The van der Waals surface area contributed by atoms with Gasteiger partial charge in [0.15, 0.2) is 11.5 Å². The average Bonchev–Trinajstić information content (AvgIpc) is 2.54. The van der Waals surface area contributed by atoms with Crippen molar-refractivity contribution < 1.29 is 29.6 Å². The summed E-state index contributed by atoms with van der Waals surface area (Å²) in [7, 11) is 0. The molecule has 2 aromatic carbocycles. The SMILES string of the molecule is CC(C)(C)c1ccc(C(=O)O)c(Oc2c(C(=O)O)ccc(C(C)(C)C)c2O)c1. The van der Waals surface area contributed by atoms with E-state index < -0.39 is 17.4 Å². The fourth-order valence-corrected chi connectivity index (χ4v) is 2.81. The number of phenolic OH excluding ortho intramolecular Hbond substituents is 1. The third kappa shape index (κ3) is 4.27. The zero-order chi connectivity index (χ0) is 21.4. The highest BCUT2D eigenvalue weighted by Crippen LogP contribution is 2.43. The van der Waals surface area contributed by atoms with Crippen LogP contribution in [0.2, 0.25) is 0 Å². The Kier molecular flexibility index (Phi) is 5.46. The average molecular weight is 386 g/mol. The number of aromatic carboxylic acids is 2. The van der Waals surface area contributed by atoms with Gasteiger partial charge >= 0.3 is 11.9 Å². The molecule has 6 nitrogen and oxygen atoms in total. The Labute approximate surface area is 164 Å². The molecule has 0 fully saturated rings. The number of carbonyl (C=O) groups is 2. The molecule has 0 saturated heterocycles. The lowest BCUT2D eigenvalue weighted by Gasteiger charge is -2.24. The molecule has 0 aliphatic carbocycles. The number of carboxylic acids is 2. The second-order valence-electron chi connectivity index (χ2n) is 8.76. The van der Waals surface area contributed by atoms with E-state index in [0.717, 1.165) is 5.56 Å². The Balaban J connectivity index is 2.73. The molecule has 3 N–H and O–H groups in total. The molecule has 0 aliphatic heterocycles. The van der Waals surface area contributed by atoms with Crippen LogP contribution in [0, 0.1) is 0 Å². The number of rotatable bonds is 4. The first-order valence-corrected chi connectivity index (χ1v) is 8.89. The van der Waals surface area contributed by atoms with E-state index in [9.17, 15) is 24.9 Å². The van der Waals surface area contributed by atoms with E-state index in [1.165, 1.54) is 18.2 Å². The predicted molar refractivity (Wildman–Crippen MR) is 106 cm³/mol. The highest BCUT2D eigenvalue weighted by molar-refractivity contribution is 5.94. The van der Waals surface area contributed by atoms with E-state index in [0.29, 0.717) is 5.56 Å². The molecular weight excluding hydrogens is 360 g/mol. The smallest absolute Gasteiger partial charge is 0.339 e. The van der Waals surface area contributed by atoms with Gasteiger partial charge in [-0.05, 0) is 34.6 Å². The van der Waals surface area contributed by atoms with Crippen LogP contribution in [0.15, 0.2) is 30.3 Å². The predicted octanol–water partition coefficient (Wildman–Crippen LogP) is 5.18.